The van der Waals surface area contributed by atoms with E-state index in [-0.39, 0.29) is 22.7 Å². The topological polar surface area (TPSA) is 100 Å². The average molecular weight is 569 g/mol. The fourth-order valence-electron chi connectivity index (χ4n) is 4.31. The van der Waals surface area contributed by atoms with Gasteiger partial charge in [0.1, 0.15) is 17.9 Å². The van der Waals surface area contributed by atoms with Crippen molar-refractivity contribution in [2.24, 2.45) is 7.05 Å². The van der Waals surface area contributed by atoms with Crippen LogP contribution in [0.3, 0.4) is 0 Å². The minimum Gasteiger partial charge on any atom is -0.494 e. The first-order valence-electron chi connectivity index (χ1n) is 12.5. The standard InChI is InChI=1S/C28H31F3N8O2/c1-7-26(40)36-21-12-22(24(41-6)14-23(21)38(4)9-8-37(2)3)35-25-13-20(32-16-33-25)17-10-18-15-34-39(5)27(18)19(11-17)28(29,30)31/h7,10-16H,1,8-9H2,2-6H3,(H,36,40)(H,32,33,35). The first-order chi connectivity index (χ1) is 19.4. The number of alkyl halides is 3. The van der Waals surface area contributed by atoms with E-state index in [0.29, 0.717) is 34.9 Å². The fraction of sp³-hybridized carbons (Fsp3) is 0.286. The Labute approximate surface area is 235 Å². The number of benzene rings is 2. The van der Waals surface area contributed by atoms with E-state index in [2.05, 4.69) is 32.3 Å². The van der Waals surface area contributed by atoms with Crippen molar-refractivity contribution in [2.45, 2.75) is 6.18 Å². The number of ether oxygens (including phenoxy) is 1. The van der Waals surface area contributed by atoms with Crippen LogP contribution in [0.4, 0.5) is 36.1 Å². The molecule has 0 radical (unpaired) electrons. The third-order valence-electron chi connectivity index (χ3n) is 6.42. The molecule has 4 aromatic rings. The van der Waals surface area contributed by atoms with E-state index < -0.39 is 11.7 Å². The number of aromatic nitrogens is 4. The molecule has 2 aromatic heterocycles. The molecule has 2 N–H and O–H groups in total. The number of methoxy groups -OCH3 is 1. The highest BCUT2D eigenvalue weighted by Crippen LogP contribution is 2.40. The molecule has 1 amide bonds. The van der Waals surface area contributed by atoms with Crippen molar-refractivity contribution in [3.05, 3.63) is 61.1 Å². The van der Waals surface area contributed by atoms with Gasteiger partial charge in [0.15, 0.2) is 0 Å². The maximum atomic E-state index is 13.9. The van der Waals surface area contributed by atoms with Crippen molar-refractivity contribution in [1.82, 2.24) is 24.6 Å². The van der Waals surface area contributed by atoms with Gasteiger partial charge in [-0.2, -0.15) is 18.3 Å². The van der Waals surface area contributed by atoms with Gasteiger partial charge in [0.2, 0.25) is 5.91 Å². The van der Waals surface area contributed by atoms with Crippen LogP contribution in [0, 0.1) is 0 Å². The molecule has 0 fully saturated rings. The van der Waals surface area contributed by atoms with E-state index in [9.17, 15) is 18.0 Å². The van der Waals surface area contributed by atoms with Gasteiger partial charge in [-0.25, -0.2) is 9.97 Å². The van der Waals surface area contributed by atoms with Crippen molar-refractivity contribution in [1.29, 1.82) is 0 Å². The van der Waals surface area contributed by atoms with E-state index >= 15 is 0 Å². The molecule has 0 aliphatic rings. The van der Waals surface area contributed by atoms with Crippen molar-refractivity contribution < 1.29 is 22.7 Å². The number of carbonyl (C=O) groups is 1. The first kappa shape index (κ1) is 29.3. The summed E-state index contributed by atoms with van der Waals surface area (Å²) in [5, 5.41) is 10.3. The predicted octanol–water partition coefficient (Wildman–Crippen LogP) is 4.92. The lowest BCUT2D eigenvalue weighted by atomic mass is 10.0. The molecule has 13 heteroatoms. The number of rotatable bonds is 10. The highest BCUT2D eigenvalue weighted by molar-refractivity contribution is 6.02. The number of aryl methyl sites for hydroxylation is 1. The zero-order valence-corrected chi connectivity index (χ0v) is 23.4. The smallest absolute Gasteiger partial charge is 0.418 e. The average Bonchev–Trinajstić information content (AvgIpc) is 3.31. The molecule has 0 atom stereocenters. The van der Waals surface area contributed by atoms with Gasteiger partial charge in [-0.05, 0) is 38.4 Å². The lowest BCUT2D eigenvalue weighted by Crippen LogP contribution is -2.29. The van der Waals surface area contributed by atoms with E-state index in [4.69, 9.17) is 4.74 Å². The quantitative estimate of drug-likeness (QED) is 0.260. The Kier molecular flexibility index (Phi) is 8.47. The molecule has 0 saturated carbocycles. The normalized spacial score (nSPS) is 11.5. The van der Waals surface area contributed by atoms with Gasteiger partial charge >= 0.3 is 6.18 Å². The number of hydrogen-bond acceptors (Lipinski definition) is 8. The van der Waals surface area contributed by atoms with Crippen molar-refractivity contribution in [2.75, 3.05) is 56.9 Å². The van der Waals surface area contributed by atoms with Crippen LogP contribution in [-0.4, -0.2) is 71.9 Å². The van der Waals surface area contributed by atoms with Gasteiger partial charge < -0.3 is 25.2 Å². The molecule has 4 rings (SSSR count). The van der Waals surface area contributed by atoms with Gasteiger partial charge in [-0.15, -0.1) is 0 Å². The molecule has 0 bridgehead atoms. The van der Waals surface area contributed by atoms with Crippen molar-refractivity contribution in [3.8, 4) is 17.0 Å². The number of nitrogens with one attached hydrogen (secondary N) is 2. The number of hydrogen-bond donors (Lipinski definition) is 2. The summed E-state index contributed by atoms with van der Waals surface area (Å²) in [6.45, 7) is 4.98. The number of amides is 1. The molecule has 2 aromatic carbocycles. The number of fused-ring (bicyclic) bond motifs is 1. The second-order valence-corrected chi connectivity index (χ2v) is 9.63. The molecule has 0 aliphatic heterocycles. The number of anilines is 4. The molecule has 0 spiro atoms. The van der Waals surface area contributed by atoms with Crippen LogP contribution in [0.5, 0.6) is 5.75 Å². The monoisotopic (exact) mass is 568 g/mol. The summed E-state index contributed by atoms with van der Waals surface area (Å²) >= 11 is 0. The highest BCUT2D eigenvalue weighted by Gasteiger charge is 2.34. The zero-order valence-electron chi connectivity index (χ0n) is 23.4. The molecule has 216 valence electrons. The Bertz CT molecular complexity index is 1580. The molecule has 41 heavy (non-hydrogen) atoms. The van der Waals surface area contributed by atoms with Gasteiger partial charge in [-0.1, -0.05) is 6.58 Å². The molecule has 0 unspecified atom stereocenters. The Morgan fingerprint density at radius 1 is 1.10 bits per heavy atom. The summed E-state index contributed by atoms with van der Waals surface area (Å²) in [5.74, 6) is 0.381. The maximum Gasteiger partial charge on any atom is 0.418 e. The summed E-state index contributed by atoms with van der Waals surface area (Å²) in [6.07, 6.45) is -0.771. The summed E-state index contributed by atoms with van der Waals surface area (Å²) in [4.78, 5) is 24.7. The van der Waals surface area contributed by atoms with Gasteiger partial charge in [0.25, 0.3) is 0 Å². The van der Waals surface area contributed by atoms with Crippen LogP contribution < -0.4 is 20.3 Å². The lowest BCUT2D eigenvalue weighted by molar-refractivity contribution is -0.136. The molecule has 0 saturated heterocycles. The van der Waals surface area contributed by atoms with Crippen LogP contribution in [0.2, 0.25) is 0 Å². The molecular weight excluding hydrogens is 537 g/mol. The van der Waals surface area contributed by atoms with Crippen LogP contribution in [0.15, 0.2) is 55.5 Å². The van der Waals surface area contributed by atoms with Gasteiger partial charge in [0.05, 0.1) is 47.1 Å². The second-order valence-electron chi connectivity index (χ2n) is 9.63. The van der Waals surface area contributed by atoms with Crippen molar-refractivity contribution >= 4 is 39.7 Å². The van der Waals surface area contributed by atoms with Crippen LogP contribution in [-0.2, 0) is 18.0 Å². The summed E-state index contributed by atoms with van der Waals surface area (Å²) < 4.78 is 48.6. The van der Waals surface area contributed by atoms with E-state index in [1.165, 1.54) is 43.5 Å². The molecule has 2 heterocycles. The van der Waals surface area contributed by atoms with Crippen LogP contribution in [0.25, 0.3) is 22.2 Å². The van der Waals surface area contributed by atoms with E-state index in [1.54, 1.807) is 18.2 Å². The number of nitrogens with zero attached hydrogens (tertiary/aromatic N) is 6. The summed E-state index contributed by atoms with van der Waals surface area (Å²) in [6, 6.07) is 7.68. The largest absolute Gasteiger partial charge is 0.494 e. The summed E-state index contributed by atoms with van der Waals surface area (Å²) in [7, 11) is 8.82. The van der Waals surface area contributed by atoms with Gasteiger partial charge in [0, 0.05) is 50.3 Å². The Hall–Kier alpha value is -4.65. The zero-order chi connectivity index (χ0) is 29.9. The highest BCUT2D eigenvalue weighted by atomic mass is 19.4. The maximum absolute atomic E-state index is 13.9. The third kappa shape index (κ3) is 6.57. The minimum absolute atomic E-state index is 0.0110. The summed E-state index contributed by atoms with van der Waals surface area (Å²) in [5.41, 5.74) is 1.41. The lowest BCUT2D eigenvalue weighted by Gasteiger charge is -2.26. The Balaban J connectivity index is 1.73. The van der Waals surface area contributed by atoms with Crippen molar-refractivity contribution in [3.63, 3.8) is 0 Å². The fourth-order valence-corrected chi connectivity index (χ4v) is 4.31. The second kappa shape index (κ2) is 11.8. The molecular formula is C28H31F3N8O2. The first-order valence-corrected chi connectivity index (χ1v) is 12.5. The van der Waals surface area contributed by atoms with E-state index in [1.807, 2.05) is 30.9 Å². The number of likely N-dealkylation sites (N-methyl/N-ethyl adjacent to an activating group) is 2. The minimum atomic E-state index is -4.59. The Morgan fingerprint density at radius 3 is 2.51 bits per heavy atom. The number of carbonyl (C=O) groups excluding carboxylic acids is 1. The number of halogens is 3. The molecule has 10 nitrogen and oxygen atoms in total. The van der Waals surface area contributed by atoms with E-state index in [0.717, 1.165) is 18.3 Å². The van der Waals surface area contributed by atoms with Crippen LogP contribution >= 0.6 is 0 Å². The van der Waals surface area contributed by atoms with Gasteiger partial charge in [-0.3, -0.25) is 9.48 Å². The third-order valence-corrected chi connectivity index (χ3v) is 6.42. The SMILES string of the molecule is C=CC(=O)Nc1cc(Nc2cc(-c3cc(C(F)(F)F)c4c(cnn4C)c3)ncn2)c(OC)cc1N(C)CCN(C)C. The van der Waals surface area contributed by atoms with Crippen LogP contribution in [0.1, 0.15) is 5.56 Å². The Morgan fingerprint density at radius 2 is 1.85 bits per heavy atom. The molecule has 0 aliphatic carbocycles. The predicted molar refractivity (Wildman–Crippen MR) is 154 cm³/mol.